The van der Waals surface area contributed by atoms with Crippen LogP contribution in [0.1, 0.15) is 18.4 Å². The molecule has 1 aliphatic heterocycles. The fourth-order valence-electron chi connectivity index (χ4n) is 1.98. The number of hydrogen-bond acceptors (Lipinski definition) is 4. The largest absolute Gasteiger partial charge is 0.493 e. The number of ether oxygens (including phenoxy) is 3. The molecule has 1 unspecified atom stereocenters. The molecule has 1 aromatic carbocycles. The van der Waals surface area contributed by atoms with E-state index in [0.29, 0.717) is 18.9 Å². The first-order chi connectivity index (χ1) is 8.74. The molecule has 0 bridgehead atoms. The quantitative estimate of drug-likeness (QED) is 0.927. The monoisotopic (exact) mass is 315 g/mol. The van der Waals surface area contributed by atoms with Crippen LogP contribution in [-0.4, -0.2) is 26.4 Å². The molecule has 5 heteroatoms. The van der Waals surface area contributed by atoms with Crippen LogP contribution in [0.5, 0.6) is 11.5 Å². The van der Waals surface area contributed by atoms with Gasteiger partial charge in [-0.15, -0.1) is 0 Å². The third-order valence-electron chi connectivity index (χ3n) is 2.93. The van der Waals surface area contributed by atoms with E-state index in [9.17, 15) is 0 Å². The van der Waals surface area contributed by atoms with Crippen LogP contribution in [0.3, 0.4) is 0 Å². The van der Waals surface area contributed by atoms with Crippen molar-refractivity contribution in [1.29, 1.82) is 0 Å². The molecule has 0 spiro atoms. The zero-order valence-corrected chi connectivity index (χ0v) is 12.0. The first-order valence-corrected chi connectivity index (χ1v) is 6.84. The van der Waals surface area contributed by atoms with Gasteiger partial charge >= 0.3 is 0 Å². The number of hydrogen-bond donors (Lipinski definition) is 1. The van der Waals surface area contributed by atoms with Crippen LogP contribution in [0.2, 0.25) is 0 Å². The maximum absolute atomic E-state index is 5.97. The van der Waals surface area contributed by atoms with Crippen LogP contribution in [0.4, 0.5) is 0 Å². The lowest BCUT2D eigenvalue weighted by Gasteiger charge is -2.25. The highest BCUT2D eigenvalue weighted by Gasteiger charge is 2.19. The molecule has 2 N–H and O–H groups in total. The van der Waals surface area contributed by atoms with Gasteiger partial charge in [-0.3, -0.25) is 0 Å². The van der Waals surface area contributed by atoms with Crippen molar-refractivity contribution < 1.29 is 14.2 Å². The van der Waals surface area contributed by atoms with Crippen LogP contribution in [0.25, 0.3) is 0 Å². The summed E-state index contributed by atoms with van der Waals surface area (Å²) in [4.78, 5) is 0. The Hall–Kier alpha value is -0.780. The van der Waals surface area contributed by atoms with E-state index in [-0.39, 0.29) is 6.10 Å². The molecule has 0 saturated carbocycles. The number of nitrogens with two attached hydrogens (primary N) is 1. The molecule has 2 rings (SSSR count). The smallest absolute Gasteiger partial charge is 0.175 e. The van der Waals surface area contributed by atoms with Crippen molar-refractivity contribution in [2.24, 2.45) is 5.73 Å². The highest BCUT2D eigenvalue weighted by atomic mass is 79.9. The third-order valence-corrected chi connectivity index (χ3v) is 3.52. The predicted molar refractivity (Wildman–Crippen MR) is 73.1 cm³/mol. The van der Waals surface area contributed by atoms with Gasteiger partial charge in [-0.25, -0.2) is 0 Å². The number of rotatable bonds is 4. The van der Waals surface area contributed by atoms with Gasteiger partial charge in [0.25, 0.3) is 0 Å². The van der Waals surface area contributed by atoms with Crippen molar-refractivity contribution in [2.45, 2.75) is 25.5 Å². The SMILES string of the molecule is COc1cc(CN)cc(Br)c1OC1CCCOC1. The summed E-state index contributed by atoms with van der Waals surface area (Å²) in [5.41, 5.74) is 6.64. The molecule has 18 heavy (non-hydrogen) atoms. The Bertz CT molecular complexity index is 405. The van der Waals surface area contributed by atoms with E-state index in [2.05, 4.69) is 15.9 Å². The van der Waals surface area contributed by atoms with Crippen molar-refractivity contribution >= 4 is 15.9 Å². The van der Waals surface area contributed by atoms with E-state index in [1.165, 1.54) is 0 Å². The average molecular weight is 316 g/mol. The molecule has 0 aromatic heterocycles. The molecule has 1 heterocycles. The van der Waals surface area contributed by atoms with Crippen molar-refractivity contribution in [2.75, 3.05) is 20.3 Å². The minimum atomic E-state index is 0.0904. The van der Waals surface area contributed by atoms with E-state index in [4.69, 9.17) is 19.9 Å². The van der Waals surface area contributed by atoms with E-state index >= 15 is 0 Å². The summed E-state index contributed by atoms with van der Waals surface area (Å²) in [7, 11) is 1.63. The van der Waals surface area contributed by atoms with Gasteiger partial charge in [-0.2, -0.15) is 0 Å². The van der Waals surface area contributed by atoms with E-state index in [0.717, 1.165) is 35.2 Å². The van der Waals surface area contributed by atoms with Gasteiger partial charge in [-0.05, 0) is 46.5 Å². The van der Waals surface area contributed by atoms with Gasteiger partial charge in [-0.1, -0.05) is 0 Å². The van der Waals surface area contributed by atoms with Crippen molar-refractivity contribution in [3.63, 3.8) is 0 Å². The lowest BCUT2D eigenvalue weighted by atomic mass is 10.1. The summed E-state index contributed by atoms with van der Waals surface area (Å²) in [6.45, 7) is 1.93. The molecule has 0 aliphatic carbocycles. The summed E-state index contributed by atoms with van der Waals surface area (Å²) in [6.07, 6.45) is 2.13. The Morgan fingerprint density at radius 2 is 2.33 bits per heavy atom. The molecule has 1 aromatic rings. The second-order valence-corrected chi connectivity index (χ2v) is 5.12. The normalized spacial score (nSPS) is 19.6. The summed E-state index contributed by atoms with van der Waals surface area (Å²) < 4.78 is 17.6. The van der Waals surface area contributed by atoms with Crippen LogP contribution in [0.15, 0.2) is 16.6 Å². The Morgan fingerprint density at radius 3 is 2.94 bits per heavy atom. The van der Waals surface area contributed by atoms with Gasteiger partial charge < -0.3 is 19.9 Å². The number of halogens is 1. The van der Waals surface area contributed by atoms with E-state index < -0.39 is 0 Å². The van der Waals surface area contributed by atoms with E-state index in [1.807, 2.05) is 12.1 Å². The lowest BCUT2D eigenvalue weighted by molar-refractivity contribution is 0.00610. The topological polar surface area (TPSA) is 53.7 Å². The molecule has 1 saturated heterocycles. The van der Waals surface area contributed by atoms with Gasteiger partial charge in [0.2, 0.25) is 0 Å². The van der Waals surface area contributed by atoms with Crippen molar-refractivity contribution in [1.82, 2.24) is 0 Å². The number of benzene rings is 1. The summed E-state index contributed by atoms with van der Waals surface area (Å²) in [5.74, 6) is 1.43. The van der Waals surface area contributed by atoms with Gasteiger partial charge in [0.1, 0.15) is 6.10 Å². The molecule has 0 radical (unpaired) electrons. The predicted octanol–water partition coefficient (Wildman–Crippen LogP) is 2.47. The Morgan fingerprint density at radius 1 is 1.50 bits per heavy atom. The number of methoxy groups -OCH3 is 1. The summed E-state index contributed by atoms with van der Waals surface area (Å²) >= 11 is 3.51. The second kappa shape index (κ2) is 6.41. The van der Waals surface area contributed by atoms with Crippen LogP contribution in [-0.2, 0) is 11.3 Å². The van der Waals surface area contributed by atoms with E-state index in [1.54, 1.807) is 7.11 Å². The minimum absolute atomic E-state index is 0.0904. The highest BCUT2D eigenvalue weighted by Crippen LogP contribution is 2.37. The second-order valence-electron chi connectivity index (χ2n) is 4.27. The Labute approximate surface area is 116 Å². The van der Waals surface area contributed by atoms with Crippen molar-refractivity contribution in [3.8, 4) is 11.5 Å². The van der Waals surface area contributed by atoms with Crippen LogP contribution >= 0.6 is 15.9 Å². The maximum atomic E-state index is 5.97. The summed E-state index contributed by atoms with van der Waals surface area (Å²) in [5, 5.41) is 0. The first-order valence-electron chi connectivity index (χ1n) is 6.05. The highest BCUT2D eigenvalue weighted by molar-refractivity contribution is 9.10. The summed E-state index contributed by atoms with van der Waals surface area (Å²) in [6, 6.07) is 3.87. The average Bonchev–Trinajstić information content (AvgIpc) is 2.42. The maximum Gasteiger partial charge on any atom is 0.175 e. The Balaban J connectivity index is 2.19. The first kappa shape index (κ1) is 13.6. The molecular weight excluding hydrogens is 298 g/mol. The fraction of sp³-hybridized carbons (Fsp3) is 0.538. The van der Waals surface area contributed by atoms with Gasteiger partial charge in [0, 0.05) is 13.2 Å². The zero-order valence-electron chi connectivity index (χ0n) is 10.4. The minimum Gasteiger partial charge on any atom is -0.493 e. The van der Waals surface area contributed by atoms with Gasteiger partial charge in [0.05, 0.1) is 18.2 Å². The Kier molecular flexibility index (Phi) is 4.86. The van der Waals surface area contributed by atoms with Crippen LogP contribution < -0.4 is 15.2 Å². The molecule has 0 amide bonds. The lowest BCUT2D eigenvalue weighted by Crippen LogP contribution is -2.28. The molecule has 1 atom stereocenters. The standard InChI is InChI=1S/C13H18BrNO3/c1-16-12-6-9(7-15)5-11(14)13(12)18-10-3-2-4-17-8-10/h5-6,10H,2-4,7-8,15H2,1H3. The molecule has 100 valence electrons. The fourth-order valence-corrected chi connectivity index (χ4v) is 2.56. The van der Waals surface area contributed by atoms with Crippen molar-refractivity contribution in [3.05, 3.63) is 22.2 Å². The van der Waals surface area contributed by atoms with Gasteiger partial charge in [0.15, 0.2) is 11.5 Å². The third kappa shape index (κ3) is 3.16. The molecule has 4 nitrogen and oxygen atoms in total. The zero-order chi connectivity index (χ0) is 13.0. The van der Waals surface area contributed by atoms with Crippen LogP contribution in [0, 0.1) is 0 Å². The molecule has 1 fully saturated rings. The molecule has 1 aliphatic rings. The molecular formula is C13H18BrNO3.